The number of alkyl halides is 6. The molecule has 0 aromatic heterocycles. The van der Waals surface area contributed by atoms with E-state index in [1.165, 1.54) is 25.0 Å². The van der Waals surface area contributed by atoms with Crippen LogP contribution in [0.1, 0.15) is 56.7 Å². The van der Waals surface area contributed by atoms with Gasteiger partial charge in [0.1, 0.15) is 0 Å². The van der Waals surface area contributed by atoms with Gasteiger partial charge in [-0.1, -0.05) is 0 Å². The first-order chi connectivity index (χ1) is 20.4. The number of hydrogen-bond acceptors (Lipinski definition) is 5. The highest BCUT2D eigenvalue weighted by Gasteiger charge is 2.37. The molecular formula is C30H29F6N5O2. The third-order valence-corrected chi connectivity index (χ3v) is 7.41. The van der Waals surface area contributed by atoms with E-state index in [-0.39, 0.29) is 29.5 Å². The van der Waals surface area contributed by atoms with Gasteiger partial charge in [0.15, 0.2) is 0 Å². The maximum atomic E-state index is 13.3. The summed E-state index contributed by atoms with van der Waals surface area (Å²) in [7, 11) is 0. The Morgan fingerprint density at radius 3 is 2.09 bits per heavy atom. The molecule has 3 aromatic carbocycles. The molecule has 2 aliphatic rings. The quantitative estimate of drug-likeness (QED) is 0.158. The van der Waals surface area contributed by atoms with Gasteiger partial charge >= 0.3 is 12.4 Å². The van der Waals surface area contributed by atoms with Crippen molar-refractivity contribution >= 4 is 34.6 Å². The fraction of sp³-hybridized carbons (Fsp3) is 0.333. The van der Waals surface area contributed by atoms with Crippen LogP contribution in [0.5, 0.6) is 0 Å². The first-order valence-electron chi connectivity index (χ1n) is 13.8. The van der Waals surface area contributed by atoms with Crippen LogP contribution in [0.4, 0.5) is 49.1 Å². The van der Waals surface area contributed by atoms with Crippen LogP contribution in [0.25, 0.3) is 0 Å². The lowest BCUT2D eigenvalue weighted by molar-refractivity contribution is -0.143. The molecule has 1 fully saturated rings. The lowest BCUT2D eigenvalue weighted by atomic mass is 10.0. The van der Waals surface area contributed by atoms with E-state index in [9.17, 15) is 35.9 Å². The number of carbonyl (C=O) groups excluding carboxylic acids is 2. The third-order valence-electron chi connectivity index (χ3n) is 7.41. The maximum Gasteiger partial charge on any atom is 0.416 e. The summed E-state index contributed by atoms with van der Waals surface area (Å²) >= 11 is 0. The SMILES string of the molecule is O=C(Nc1ccc(Nc2cc(C(F)(F)F)cc(C(F)(F)F)c2)c2c1C(=O)NC2)c1ccc(NCCCN2CCCC2)cc1. The summed E-state index contributed by atoms with van der Waals surface area (Å²) in [6, 6.07) is 10.8. The van der Waals surface area contributed by atoms with E-state index < -0.39 is 41.0 Å². The van der Waals surface area contributed by atoms with E-state index in [2.05, 4.69) is 26.2 Å². The summed E-state index contributed by atoms with van der Waals surface area (Å²) in [4.78, 5) is 28.1. The molecule has 0 atom stereocenters. The van der Waals surface area contributed by atoms with E-state index in [4.69, 9.17) is 0 Å². The Hall–Kier alpha value is -4.26. The second-order valence-electron chi connectivity index (χ2n) is 10.5. The molecule has 2 aliphatic heterocycles. The first-order valence-corrected chi connectivity index (χ1v) is 13.8. The van der Waals surface area contributed by atoms with Crippen molar-refractivity contribution in [2.45, 2.75) is 38.2 Å². The number of amides is 2. The lowest BCUT2D eigenvalue weighted by Gasteiger charge is -2.17. The number of halogens is 6. The predicted molar refractivity (Wildman–Crippen MR) is 151 cm³/mol. The van der Waals surface area contributed by atoms with Crippen molar-refractivity contribution < 1.29 is 35.9 Å². The molecule has 0 aliphatic carbocycles. The molecule has 5 rings (SSSR count). The molecule has 13 heteroatoms. The number of nitrogens with one attached hydrogen (secondary N) is 4. The molecule has 3 aromatic rings. The van der Waals surface area contributed by atoms with Crippen LogP contribution >= 0.6 is 0 Å². The normalized spacial score (nSPS) is 15.3. The fourth-order valence-corrected chi connectivity index (χ4v) is 5.23. The van der Waals surface area contributed by atoms with Crippen molar-refractivity contribution in [3.63, 3.8) is 0 Å². The van der Waals surface area contributed by atoms with Crippen LogP contribution in [0, 0.1) is 0 Å². The van der Waals surface area contributed by atoms with Crippen molar-refractivity contribution in [2.75, 3.05) is 42.1 Å². The lowest BCUT2D eigenvalue weighted by Crippen LogP contribution is -2.22. The average molecular weight is 606 g/mol. The van der Waals surface area contributed by atoms with Crippen LogP contribution in [-0.4, -0.2) is 42.9 Å². The summed E-state index contributed by atoms with van der Waals surface area (Å²) in [5.41, 5.74) is -1.56. The number of fused-ring (bicyclic) bond motifs is 1. The van der Waals surface area contributed by atoms with Gasteiger partial charge < -0.3 is 26.2 Å². The van der Waals surface area contributed by atoms with Crippen LogP contribution in [-0.2, 0) is 18.9 Å². The minimum atomic E-state index is -5.01. The fourth-order valence-electron chi connectivity index (χ4n) is 5.23. The molecule has 0 bridgehead atoms. The number of carbonyl (C=O) groups is 2. The summed E-state index contributed by atoms with van der Waals surface area (Å²) < 4.78 is 79.9. The van der Waals surface area contributed by atoms with E-state index in [1.807, 2.05) is 0 Å². The molecule has 0 saturated carbocycles. The van der Waals surface area contributed by atoms with Crippen molar-refractivity contribution in [3.05, 3.63) is 82.4 Å². The molecular weight excluding hydrogens is 576 g/mol. The van der Waals surface area contributed by atoms with E-state index in [1.54, 1.807) is 24.3 Å². The smallest absolute Gasteiger partial charge is 0.385 e. The van der Waals surface area contributed by atoms with Gasteiger partial charge in [-0.15, -0.1) is 0 Å². The minimum absolute atomic E-state index is 0.0383. The maximum absolute atomic E-state index is 13.3. The molecule has 0 spiro atoms. The van der Waals surface area contributed by atoms with Gasteiger partial charge in [0.2, 0.25) is 0 Å². The molecule has 2 heterocycles. The van der Waals surface area contributed by atoms with E-state index in [0.29, 0.717) is 23.3 Å². The Kier molecular flexibility index (Phi) is 8.54. The monoisotopic (exact) mass is 605 g/mol. The van der Waals surface area contributed by atoms with Gasteiger partial charge in [-0.3, -0.25) is 9.59 Å². The van der Waals surface area contributed by atoms with Crippen LogP contribution in [0.2, 0.25) is 0 Å². The Morgan fingerprint density at radius 2 is 1.47 bits per heavy atom. The van der Waals surface area contributed by atoms with Crippen LogP contribution in [0.15, 0.2) is 54.6 Å². The molecule has 43 heavy (non-hydrogen) atoms. The average Bonchev–Trinajstić information content (AvgIpc) is 3.62. The van der Waals surface area contributed by atoms with Gasteiger partial charge in [-0.05, 0) is 93.5 Å². The molecule has 228 valence electrons. The second-order valence-corrected chi connectivity index (χ2v) is 10.5. The highest BCUT2D eigenvalue weighted by atomic mass is 19.4. The molecule has 2 amide bonds. The zero-order valence-electron chi connectivity index (χ0n) is 22.9. The van der Waals surface area contributed by atoms with Crippen LogP contribution in [0.3, 0.4) is 0 Å². The van der Waals surface area contributed by atoms with Gasteiger partial charge in [0, 0.05) is 41.3 Å². The first kappa shape index (κ1) is 30.2. The van der Waals surface area contributed by atoms with Crippen LogP contribution < -0.4 is 21.3 Å². The summed E-state index contributed by atoms with van der Waals surface area (Å²) in [5.74, 6) is -1.03. The largest absolute Gasteiger partial charge is 0.416 e. The Labute approximate surface area is 243 Å². The number of rotatable bonds is 9. The van der Waals surface area contributed by atoms with Crippen molar-refractivity contribution in [2.24, 2.45) is 0 Å². The van der Waals surface area contributed by atoms with Gasteiger partial charge in [-0.25, -0.2) is 0 Å². The summed E-state index contributed by atoms with van der Waals surface area (Å²) in [6.07, 6.45) is -6.52. The zero-order chi connectivity index (χ0) is 30.8. The number of likely N-dealkylation sites (tertiary alicyclic amines) is 1. The van der Waals surface area contributed by atoms with Crippen molar-refractivity contribution in [1.82, 2.24) is 10.2 Å². The van der Waals surface area contributed by atoms with Crippen molar-refractivity contribution in [3.8, 4) is 0 Å². The van der Waals surface area contributed by atoms with E-state index in [0.717, 1.165) is 38.3 Å². The second kappa shape index (κ2) is 12.2. The van der Waals surface area contributed by atoms with Gasteiger partial charge in [0.05, 0.1) is 22.4 Å². The van der Waals surface area contributed by atoms with Crippen molar-refractivity contribution in [1.29, 1.82) is 0 Å². The number of nitrogens with zero attached hydrogens (tertiary/aromatic N) is 1. The standard InChI is InChI=1S/C30H29F6N5O2/c31-29(32,33)19-14-20(30(34,35)36)16-22(15-19)39-24-8-9-25(26-23(24)17-38-28(26)43)40-27(42)18-4-6-21(7-5-18)37-10-3-13-41-11-1-2-12-41/h4-9,14-16,37,39H,1-3,10-13,17H2,(H,38,43)(H,40,42). The number of hydrogen-bond donors (Lipinski definition) is 4. The number of anilines is 4. The van der Waals surface area contributed by atoms with Gasteiger partial charge in [-0.2, -0.15) is 26.3 Å². The third kappa shape index (κ3) is 7.22. The number of benzene rings is 3. The molecule has 7 nitrogen and oxygen atoms in total. The summed E-state index contributed by atoms with van der Waals surface area (Å²) in [6.45, 7) is 4.08. The topological polar surface area (TPSA) is 85.5 Å². The predicted octanol–water partition coefficient (Wildman–Crippen LogP) is 6.86. The zero-order valence-corrected chi connectivity index (χ0v) is 22.9. The molecule has 0 unspecified atom stereocenters. The summed E-state index contributed by atoms with van der Waals surface area (Å²) in [5, 5.41) is 11.2. The van der Waals surface area contributed by atoms with E-state index >= 15 is 0 Å². The molecule has 4 N–H and O–H groups in total. The molecule has 0 radical (unpaired) electrons. The van der Waals surface area contributed by atoms with Gasteiger partial charge in [0.25, 0.3) is 11.8 Å². The Balaban J connectivity index is 1.29. The highest BCUT2D eigenvalue weighted by molar-refractivity contribution is 6.11. The minimum Gasteiger partial charge on any atom is -0.385 e. The molecule has 1 saturated heterocycles. The Bertz CT molecular complexity index is 1470. The highest BCUT2D eigenvalue weighted by Crippen LogP contribution is 2.39. The Morgan fingerprint density at radius 1 is 0.837 bits per heavy atom.